The van der Waals surface area contributed by atoms with E-state index >= 15 is 0 Å². The fraction of sp³-hybridized carbons (Fsp3) is 0.111. The number of hydrogen-bond donors (Lipinski definition) is 1. The van der Waals surface area contributed by atoms with Crippen LogP contribution in [0.4, 0.5) is 20.2 Å². The number of fused-ring (bicyclic) bond motifs is 1. The Morgan fingerprint density at radius 3 is 2.40 bits per heavy atom. The van der Waals surface area contributed by atoms with Crippen LogP contribution in [0.5, 0.6) is 0 Å². The first-order chi connectivity index (χ1) is 14.2. The highest BCUT2D eigenvalue weighted by molar-refractivity contribution is 6.24. The number of halogens is 2. The predicted octanol–water partition coefficient (Wildman–Crippen LogP) is 1.65. The monoisotopic (exact) mass is 419 g/mol. The summed E-state index contributed by atoms with van der Waals surface area (Å²) in [5.41, 5.74) is -1.45. The number of rotatable bonds is 6. The predicted molar refractivity (Wildman–Crippen MR) is 94.4 cm³/mol. The molecule has 0 unspecified atom stereocenters. The Hall–Kier alpha value is -4.22. The molecule has 3 amide bonds. The van der Waals surface area contributed by atoms with E-state index in [1.807, 2.05) is 0 Å². The van der Waals surface area contributed by atoms with Crippen LogP contribution in [0.1, 0.15) is 20.7 Å². The molecule has 0 atom stereocenters. The Bertz CT molecular complexity index is 1080. The van der Waals surface area contributed by atoms with E-state index in [9.17, 15) is 38.1 Å². The van der Waals surface area contributed by atoms with E-state index in [0.29, 0.717) is 11.0 Å². The van der Waals surface area contributed by atoms with Gasteiger partial charge in [-0.3, -0.25) is 34.2 Å². The van der Waals surface area contributed by atoms with Crippen molar-refractivity contribution in [2.24, 2.45) is 0 Å². The van der Waals surface area contributed by atoms with Crippen molar-refractivity contribution in [3.05, 3.63) is 69.3 Å². The zero-order chi connectivity index (χ0) is 22.0. The standard InChI is InChI=1S/C18H11F2N3O7/c19-9-4-10(20)6-11(5-9)21-14(24)8-30-15(25)7-22-17(26)12-2-1-3-13(23(28)29)16(12)18(22)27/h1-6H,7-8H2,(H,21,24). The number of ether oxygens (including phenoxy) is 1. The van der Waals surface area contributed by atoms with Gasteiger partial charge in [-0.05, 0) is 18.2 Å². The molecule has 12 heteroatoms. The number of anilines is 1. The second kappa shape index (κ2) is 8.03. The average Bonchev–Trinajstić information content (AvgIpc) is 2.90. The van der Waals surface area contributed by atoms with Gasteiger partial charge >= 0.3 is 5.97 Å². The normalized spacial score (nSPS) is 12.5. The maximum absolute atomic E-state index is 13.1. The molecular weight excluding hydrogens is 408 g/mol. The van der Waals surface area contributed by atoms with Crippen molar-refractivity contribution in [2.45, 2.75) is 0 Å². The Labute approximate surface area is 166 Å². The first kappa shape index (κ1) is 20.5. The van der Waals surface area contributed by atoms with Crippen molar-refractivity contribution in [3.8, 4) is 0 Å². The lowest BCUT2D eigenvalue weighted by Crippen LogP contribution is -2.36. The van der Waals surface area contributed by atoms with E-state index in [-0.39, 0.29) is 11.3 Å². The number of imide groups is 1. The molecule has 2 aromatic rings. The average molecular weight is 419 g/mol. The summed E-state index contributed by atoms with van der Waals surface area (Å²) in [5.74, 6) is -5.89. The van der Waals surface area contributed by atoms with Crippen molar-refractivity contribution in [1.82, 2.24) is 4.90 Å². The lowest BCUT2D eigenvalue weighted by molar-refractivity contribution is -0.385. The largest absolute Gasteiger partial charge is 0.454 e. The van der Waals surface area contributed by atoms with Crippen LogP contribution in [0.3, 0.4) is 0 Å². The zero-order valence-electron chi connectivity index (χ0n) is 14.9. The number of carbonyl (C=O) groups is 4. The first-order valence-corrected chi connectivity index (χ1v) is 8.22. The van der Waals surface area contributed by atoms with Crippen LogP contribution >= 0.6 is 0 Å². The van der Waals surface area contributed by atoms with E-state index in [1.165, 1.54) is 12.1 Å². The minimum Gasteiger partial charge on any atom is -0.454 e. The number of nitro benzene ring substituents is 1. The molecule has 0 aliphatic carbocycles. The molecule has 0 bridgehead atoms. The maximum Gasteiger partial charge on any atom is 0.326 e. The second-order valence-corrected chi connectivity index (χ2v) is 6.02. The number of hydrogen-bond acceptors (Lipinski definition) is 7. The van der Waals surface area contributed by atoms with Gasteiger partial charge in [0.25, 0.3) is 23.4 Å². The summed E-state index contributed by atoms with van der Waals surface area (Å²) >= 11 is 0. The molecule has 1 heterocycles. The number of benzene rings is 2. The van der Waals surface area contributed by atoms with E-state index in [4.69, 9.17) is 0 Å². The molecule has 0 fully saturated rings. The van der Waals surface area contributed by atoms with Gasteiger partial charge in [-0.15, -0.1) is 0 Å². The summed E-state index contributed by atoms with van der Waals surface area (Å²) in [6.45, 7) is -1.74. The lowest BCUT2D eigenvalue weighted by atomic mass is 10.1. The van der Waals surface area contributed by atoms with Gasteiger partial charge in [0, 0.05) is 17.8 Å². The molecule has 10 nitrogen and oxygen atoms in total. The molecule has 0 spiro atoms. The van der Waals surface area contributed by atoms with E-state index in [1.54, 1.807) is 0 Å². The number of nitro groups is 1. The summed E-state index contributed by atoms with van der Waals surface area (Å²) in [5, 5.41) is 13.2. The van der Waals surface area contributed by atoms with E-state index < -0.39 is 64.7 Å². The van der Waals surface area contributed by atoms with Gasteiger partial charge in [0.05, 0.1) is 10.5 Å². The number of nitrogens with one attached hydrogen (secondary N) is 1. The second-order valence-electron chi connectivity index (χ2n) is 6.02. The quantitative estimate of drug-likeness (QED) is 0.325. The number of amides is 3. The minimum atomic E-state index is -1.15. The number of nitrogens with zero attached hydrogens (tertiary/aromatic N) is 2. The molecule has 1 aliphatic heterocycles. The van der Waals surface area contributed by atoms with Crippen molar-refractivity contribution < 1.29 is 37.6 Å². The Morgan fingerprint density at radius 2 is 1.77 bits per heavy atom. The topological polar surface area (TPSA) is 136 Å². The first-order valence-electron chi connectivity index (χ1n) is 8.22. The Morgan fingerprint density at radius 1 is 1.10 bits per heavy atom. The molecule has 0 saturated heterocycles. The molecule has 1 aliphatic rings. The zero-order valence-corrected chi connectivity index (χ0v) is 14.9. The maximum atomic E-state index is 13.1. The van der Waals surface area contributed by atoms with Crippen LogP contribution < -0.4 is 5.32 Å². The van der Waals surface area contributed by atoms with Crippen molar-refractivity contribution in [2.75, 3.05) is 18.5 Å². The van der Waals surface area contributed by atoms with Crippen LogP contribution in [-0.4, -0.2) is 46.7 Å². The third kappa shape index (κ3) is 4.11. The highest BCUT2D eigenvalue weighted by Crippen LogP contribution is 2.30. The van der Waals surface area contributed by atoms with Crippen LogP contribution in [0.25, 0.3) is 0 Å². The molecule has 0 saturated carbocycles. The molecule has 154 valence electrons. The van der Waals surface area contributed by atoms with Crippen molar-refractivity contribution >= 4 is 35.1 Å². The fourth-order valence-corrected chi connectivity index (χ4v) is 2.76. The third-order valence-corrected chi connectivity index (χ3v) is 3.97. The van der Waals surface area contributed by atoms with Crippen molar-refractivity contribution in [3.63, 3.8) is 0 Å². The fourth-order valence-electron chi connectivity index (χ4n) is 2.76. The molecule has 0 aromatic heterocycles. The van der Waals surface area contributed by atoms with Crippen LogP contribution in [-0.2, 0) is 14.3 Å². The summed E-state index contributed by atoms with van der Waals surface area (Å²) in [6, 6.07) is 5.76. The van der Waals surface area contributed by atoms with Gasteiger partial charge in [-0.1, -0.05) is 6.07 Å². The highest BCUT2D eigenvalue weighted by Gasteiger charge is 2.41. The molecular formula is C18H11F2N3O7. The van der Waals surface area contributed by atoms with Crippen LogP contribution in [0.15, 0.2) is 36.4 Å². The molecule has 30 heavy (non-hydrogen) atoms. The van der Waals surface area contributed by atoms with Gasteiger partial charge in [0.1, 0.15) is 23.7 Å². The smallest absolute Gasteiger partial charge is 0.326 e. The molecule has 3 rings (SSSR count). The van der Waals surface area contributed by atoms with Gasteiger partial charge in [0.2, 0.25) is 0 Å². The summed E-state index contributed by atoms with van der Waals surface area (Å²) in [7, 11) is 0. The third-order valence-electron chi connectivity index (χ3n) is 3.97. The van der Waals surface area contributed by atoms with E-state index in [2.05, 4.69) is 10.1 Å². The summed E-state index contributed by atoms with van der Waals surface area (Å²) in [4.78, 5) is 59.0. The number of carbonyl (C=O) groups excluding carboxylic acids is 4. The Balaban J connectivity index is 1.61. The minimum absolute atomic E-state index is 0.207. The van der Waals surface area contributed by atoms with Gasteiger partial charge in [-0.2, -0.15) is 0 Å². The Kier molecular flexibility index (Phi) is 5.49. The van der Waals surface area contributed by atoms with Crippen LogP contribution in [0.2, 0.25) is 0 Å². The van der Waals surface area contributed by atoms with Gasteiger partial charge in [-0.25, -0.2) is 8.78 Å². The van der Waals surface area contributed by atoms with Gasteiger partial charge in [0.15, 0.2) is 6.61 Å². The molecule has 0 radical (unpaired) electrons. The van der Waals surface area contributed by atoms with Crippen molar-refractivity contribution in [1.29, 1.82) is 0 Å². The van der Waals surface area contributed by atoms with Gasteiger partial charge < -0.3 is 10.1 Å². The molecule has 1 N–H and O–H groups in total. The summed E-state index contributed by atoms with van der Waals surface area (Å²) in [6.07, 6.45) is 0. The highest BCUT2D eigenvalue weighted by atomic mass is 19.1. The summed E-state index contributed by atoms with van der Waals surface area (Å²) < 4.78 is 30.8. The SMILES string of the molecule is O=C(COC(=O)CN1C(=O)c2cccc([N+](=O)[O-])c2C1=O)Nc1cc(F)cc(F)c1. The van der Waals surface area contributed by atoms with E-state index in [0.717, 1.165) is 18.2 Å². The number of esters is 1. The molecule has 2 aromatic carbocycles. The van der Waals surface area contributed by atoms with Crippen LogP contribution in [0, 0.1) is 21.7 Å². The lowest BCUT2D eigenvalue weighted by Gasteiger charge is -2.13.